The van der Waals surface area contributed by atoms with Crippen LogP contribution in [0.5, 0.6) is 0 Å². The van der Waals surface area contributed by atoms with Gasteiger partial charge in [-0.05, 0) is 38.0 Å². The lowest BCUT2D eigenvalue weighted by Crippen LogP contribution is -2.44. The van der Waals surface area contributed by atoms with Crippen molar-refractivity contribution in [1.82, 2.24) is 15.5 Å². The molecule has 0 aromatic heterocycles. The molecule has 0 radical (unpaired) electrons. The SMILES string of the molecule is CCC(C)NC(=O)CN1C(=O)NC(C)(c2ccc(F)cc2)C1=O. The molecular formula is C16H20FN3O3. The summed E-state index contributed by atoms with van der Waals surface area (Å²) in [5.41, 5.74) is -0.844. The maximum Gasteiger partial charge on any atom is 0.325 e. The van der Waals surface area contributed by atoms with Crippen molar-refractivity contribution in [3.05, 3.63) is 35.6 Å². The predicted octanol–water partition coefficient (Wildman–Crippen LogP) is 1.51. The molecule has 1 heterocycles. The Morgan fingerprint density at radius 2 is 1.96 bits per heavy atom. The van der Waals surface area contributed by atoms with Crippen LogP contribution in [0.3, 0.4) is 0 Å². The van der Waals surface area contributed by atoms with Crippen LogP contribution in [0, 0.1) is 5.82 Å². The molecule has 4 amide bonds. The van der Waals surface area contributed by atoms with E-state index in [1.165, 1.54) is 31.2 Å². The van der Waals surface area contributed by atoms with Gasteiger partial charge in [0.05, 0.1) is 0 Å². The Kier molecular flexibility index (Phi) is 4.68. The van der Waals surface area contributed by atoms with Crippen LogP contribution in [0.2, 0.25) is 0 Å². The van der Waals surface area contributed by atoms with Gasteiger partial charge in [0.15, 0.2) is 0 Å². The Morgan fingerprint density at radius 1 is 1.35 bits per heavy atom. The zero-order valence-corrected chi connectivity index (χ0v) is 13.4. The summed E-state index contributed by atoms with van der Waals surface area (Å²) in [7, 11) is 0. The molecule has 2 N–H and O–H groups in total. The Hall–Kier alpha value is -2.44. The average molecular weight is 321 g/mol. The van der Waals surface area contributed by atoms with Crippen molar-refractivity contribution in [2.45, 2.75) is 38.8 Å². The quantitative estimate of drug-likeness (QED) is 0.807. The molecule has 1 aromatic carbocycles. The van der Waals surface area contributed by atoms with E-state index < -0.39 is 29.2 Å². The first-order valence-corrected chi connectivity index (χ1v) is 7.47. The normalized spacial score (nSPS) is 22.0. The number of benzene rings is 1. The minimum atomic E-state index is -1.30. The summed E-state index contributed by atoms with van der Waals surface area (Å²) < 4.78 is 13.0. The Morgan fingerprint density at radius 3 is 2.52 bits per heavy atom. The molecule has 1 fully saturated rings. The highest BCUT2D eigenvalue weighted by atomic mass is 19.1. The maximum atomic E-state index is 13.0. The Bertz CT molecular complexity index is 632. The molecular weight excluding hydrogens is 301 g/mol. The molecule has 2 unspecified atom stereocenters. The zero-order chi connectivity index (χ0) is 17.2. The number of carbonyl (C=O) groups is 3. The molecule has 0 spiro atoms. The lowest BCUT2D eigenvalue weighted by molar-refractivity contribution is -0.135. The highest BCUT2D eigenvalue weighted by molar-refractivity contribution is 6.09. The van der Waals surface area contributed by atoms with E-state index >= 15 is 0 Å². The largest absolute Gasteiger partial charge is 0.352 e. The second-order valence-corrected chi connectivity index (χ2v) is 5.83. The molecule has 1 aromatic rings. The molecule has 0 bridgehead atoms. The number of urea groups is 1. The minimum absolute atomic E-state index is 0.0354. The summed E-state index contributed by atoms with van der Waals surface area (Å²) in [6.07, 6.45) is 0.749. The van der Waals surface area contributed by atoms with Crippen LogP contribution in [0.15, 0.2) is 24.3 Å². The molecule has 2 atom stereocenters. The van der Waals surface area contributed by atoms with Crippen molar-refractivity contribution in [2.75, 3.05) is 6.54 Å². The molecule has 7 heteroatoms. The van der Waals surface area contributed by atoms with Gasteiger partial charge >= 0.3 is 6.03 Å². The Labute approximate surface area is 134 Å². The van der Waals surface area contributed by atoms with E-state index in [1.54, 1.807) is 0 Å². The number of halogens is 1. The van der Waals surface area contributed by atoms with Gasteiger partial charge in [0.1, 0.15) is 17.9 Å². The first-order valence-electron chi connectivity index (χ1n) is 7.47. The summed E-state index contributed by atoms with van der Waals surface area (Å²) in [4.78, 5) is 37.4. The van der Waals surface area contributed by atoms with Crippen LogP contribution in [-0.4, -0.2) is 35.3 Å². The van der Waals surface area contributed by atoms with Gasteiger partial charge in [-0.25, -0.2) is 9.18 Å². The van der Waals surface area contributed by atoms with E-state index in [0.29, 0.717) is 5.56 Å². The van der Waals surface area contributed by atoms with E-state index in [9.17, 15) is 18.8 Å². The number of carbonyl (C=O) groups excluding carboxylic acids is 3. The fourth-order valence-corrected chi connectivity index (χ4v) is 2.39. The first-order chi connectivity index (χ1) is 10.8. The van der Waals surface area contributed by atoms with Crippen molar-refractivity contribution < 1.29 is 18.8 Å². The molecule has 0 aliphatic carbocycles. The summed E-state index contributed by atoms with van der Waals surface area (Å²) in [5, 5.41) is 5.28. The number of nitrogens with zero attached hydrogens (tertiary/aromatic N) is 1. The van der Waals surface area contributed by atoms with Crippen molar-refractivity contribution in [3.8, 4) is 0 Å². The summed E-state index contributed by atoms with van der Waals surface area (Å²) in [6, 6.07) is 4.65. The third kappa shape index (κ3) is 3.33. The molecule has 6 nitrogen and oxygen atoms in total. The smallest absolute Gasteiger partial charge is 0.325 e. The summed E-state index contributed by atoms with van der Waals surface area (Å²) in [5.74, 6) is -1.36. The number of amides is 4. The topological polar surface area (TPSA) is 78.5 Å². The molecule has 1 aliphatic rings. The van der Waals surface area contributed by atoms with Gasteiger partial charge in [-0.2, -0.15) is 0 Å². The predicted molar refractivity (Wildman–Crippen MR) is 81.9 cm³/mol. The van der Waals surface area contributed by atoms with E-state index in [4.69, 9.17) is 0 Å². The van der Waals surface area contributed by atoms with E-state index in [-0.39, 0.29) is 12.6 Å². The number of imide groups is 1. The van der Waals surface area contributed by atoms with Gasteiger partial charge in [0.2, 0.25) is 5.91 Å². The maximum absolute atomic E-state index is 13.0. The lowest BCUT2D eigenvalue weighted by atomic mass is 9.92. The molecule has 124 valence electrons. The van der Waals surface area contributed by atoms with Crippen LogP contribution in [-0.2, 0) is 15.1 Å². The van der Waals surface area contributed by atoms with Crippen LogP contribution in [0.25, 0.3) is 0 Å². The van der Waals surface area contributed by atoms with Gasteiger partial charge in [0, 0.05) is 6.04 Å². The van der Waals surface area contributed by atoms with Crippen LogP contribution in [0.1, 0.15) is 32.8 Å². The van der Waals surface area contributed by atoms with E-state index in [1.807, 2.05) is 13.8 Å². The number of rotatable bonds is 5. The fourth-order valence-electron chi connectivity index (χ4n) is 2.39. The van der Waals surface area contributed by atoms with Crippen molar-refractivity contribution >= 4 is 17.8 Å². The highest BCUT2D eigenvalue weighted by Gasteiger charge is 2.49. The van der Waals surface area contributed by atoms with Crippen molar-refractivity contribution in [1.29, 1.82) is 0 Å². The second kappa shape index (κ2) is 6.36. The lowest BCUT2D eigenvalue weighted by Gasteiger charge is -2.22. The second-order valence-electron chi connectivity index (χ2n) is 5.83. The fraction of sp³-hybridized carbons (Fsp3) is 0.438. The third-order valence-electron chi connectivity index (χ3n) is 4.02. The van der Waals surface area contributed by atoms with Gasteiger partial charge in [-0.3, -0.25) is 14.5 Å². The van der Waals surface area contributed by atoms with E-state index in [2.05, 4.69) is 10.6 Å². The third-order valence-corrected chi connectivity index (χ3v) is 4.02. The van der Waals surface area contributed by atoms with Crippen LogP contribution >= 0.6 is 0 Å². The monoisotopic (exact) mass is 321 g/mol. The summed E-state index contributed by atoms with van der Waals surface area (Å²) >= 11 is 0. The first kappa shape index (κ1) is 16.9. The van der Waals surface area contributed by atoms with Crippen molar-refractivity contribution in [3.63, 3.8) is 0 Å². The van der Waals surface area contributed by atoms with Crippen molar-refractivity contribution in [2.24, 2.45) is 0 Å². The minimum Gasteiger partial charge on any atom is -0.352 e. The zero-order valence-electron chi connectivity index (χ0n) is 13.4. The number of hydrogen-bond donors (Lipinski definition) is 2. The van der Waals surface area contributed by atoms with Crippen LogP contribution in [0.4, 0.5) is 9.18 Å². The average Bonchev–Trinajstić information content (AvgIpc) is 2.72. The molecule has 0 saturated carbocycles. The van der Waals surface area contributed by atoms with Gasteiger partial charge in [-0.1, -0.05) is 19.1 Å². The highest BCUT2D eigenvalue weighted by Crippen LogP contribution is 2.28. The number of hydrogen-bond acceptors (Lipinski definition) is 3. The Balaban J connectivity index is 2.16. The standard InChI is InChI=1S/C16H20FN3O3/c1-4-10(2)18-13(21)9-20-14(22)16(3,19-15(20)23)11-5-7-12(17)8-6-11/h5-8,10H,4,9H2,1-3H3,(H,18,21)(H,19,23). The number of nitrogens with one attached hydrogen (secondary N) is 2. The molecule has 23 heavy (non-hydrogen) atoms. The molecule has 1 saturated heterocycles. The molecule has 2 rings (SSSR count). The molecule has 1 aliphatic heterocycles. The van der Waals surface area contributed by atoms with Gasteiger partial charge in [-0.15, -0.1) is 0 Å². The summed E-state index contributed by atoms with van der Waals surface area (Å²) in [6.45, 7) is 4.95. The van der Waals surface area contributed by atoms with Crippen LogP contribution < -0.4 is 10.6 Å². The van der Waals surface area contributed by atoms with Gasteiger partial charge in [0.25, 0.3) is 5.91 Å². The van der Waals surface area contributed by atoms with Gasteiger partial charge < -0.3 is 10.6 Å². The van der Waals surface area contributed by atoms with E-state index in [0.717, 1.165) is 11.3 Å².